The number of morpholine rings is 1. The van der Waals surface area contributed by atoms with E-state index in [1.54, 1.807) is 12.1 Å². The summed E-state index contributed by atoms with van der Waals surface area (Å²) in [6, 6.07) is 4.71. The third kappa shape index (κ3) is 3.64. The van der Waals surface area contributed by atoms with E-state index in [9.17, 15) is 4.39 Å². The molecule has 1 saturated heterocycles. The van der Waals surface area contributed by atoms with Crippen molar-refractivity contribution in [1.29, 1.82) is 0 Å². The van der Waals surface area contributed by atoms with Crippen molar-refractivity contribution in [3.05, 3.63) is 34.6 Å². The molecule has 0 bridgehead atoms. The average molecular weight is 260 g/mol. The molecule has 2 rings (SSSR count). The normalized spacial score (nSPS) is 20.5. The molecule has 1 aromatic rings. The number of halogens is 2. The van der Waals surface area contributed by atoms with Crippen molar-refractivity contribution in [2.24, 2.45) is 0 Å². The first kappa shape index (κ1) is 12.8. The first-order valence-electron chi connectivity index (χ1n) is 5.60. The lowest BCUT2D eigenvalue weighted by atomic mass is 10.2. The number of ether oxygens (including phenoxy) is 2. The number of benzene rings is 1. The molecule has 1 aromatic carbocycles. The highest BCUT2D eigenvalue weighted by atomic mass is 35.5. The van der Waals surface area contributed by atoms with Crippen LogP contribution in [0.25, 0.3) is 0 Å². The molecule has 3 nitrogen and oxygen atoms in total. The zero-order valence-corrected chi connectivity index (χ0v) is 10.2. The maximum Gasteiger partial charge on any atom is 0.142 e. The number of nitrogens with one attached hydrogen (secondary N) is 1. The minimum Gasteiger partial charge on any atom is -0.374 e. The second-order valence-electron chi connectivity index (χ2n) is 3.92. The molecule has 1 atom stereocenters. The summed E-state index contributed by atoms with van der Waals surface area (Å²) in [5.41, 5.74) is 0.662. The van der Waals surface area contributed by atoms with Gasteiger partial charge in [-0.2, -0.15) is 0 Å². The molecule has 0 aromatic heterocycles. The van der Waals surface area contributed by atoms with Crippen LogP contribution < -0.4 is 5.32 Å². The zero-order chi connectivity index (χ0) is 12.1. The second-order valence-corrected chi connectivity index (χ2v) is 4.30. The van der Waals surface area contributed by atoms with Gasteiger partial charge in [0.05, 0.1) is 30.9 Å². The molecule has 94 valence electrons. The van der Waals surface area contributed by atoms with E-state index >= 15 is 0 Å². The summed E-state index contributed by atoms with van der Waals surface area (Å²) in [5, 5.41) is 3.35. The Morgan fingerprint density at radius 2 is 2.41 bits per heavy atom. The summed E-state index contributed by atoms with van der Waals surface area (Å²) in [6.45, 7) is 3.16. The number of hydrogen-bond acceptors (Lipinski definition) is 3. The standard InChI is InChI=1S/C12H15ClFNO2/c13-12-9(2-1-3-11(12)14)7-16-8-10-6-15-4-5-17-10/h1-3,10,15H,4-8H2. The van der Waals surface area contributed by atoms with Crippen LogP contribution in [0, 0.1) is 5.82 Å². The molecule has 1 heterocycles. The Labute approximate surface area is 105 Å². The summed E-state index contributed by atoms with van der Waals surface area (Å²) in [7, 11) is 0. The van der Waals surface area contributed by atoms with Crippen molar-refractivity contribution in [3.8, 4) is 0 Å². The average Bonchev–Trinajstić information content (AvgIpc) is 2.36. The Kier molecular flexibility index (Phi) is 4.74. The molecule has 1 fully saturated rings. The molecule has 0 spiro atoms. The van der Waals surface area contributed by atoms with Gasteiger partial charge in [0.1, 0.15) is 5.82 Å². The van der Waals surface area contributed by atoms with Gasteiger partial charge >= 0.3 is 0 Å². The zero-order valence-electron chi connectivity index (χ0n) is 9.42. The van der Waals surface area contributed by atoms with Gasteiger partial charge in [-0.15, -0.1) is 0 Å². The monoisotopic (exact) mass is 259 g/mol. The van der Waals surface area contributed by atoms with E-state index in [0.29, 0.717) is 25.4 Å². The van der Waals surface area contributed by atoms with E-state index in [1.165, 1.54) is 6.07 Å². The van der Waals surface area contributed by atoms with Gasteiger partial charge in [-0.1, -0.05) is 23.7 Å². The van der Waals surface area contributed by atoms with Gasteiger partial charge in [0.25, 0.3) is 0 Å². The topological polar surface area (TPSA) is 30.5 Å². The van der Waals surface area contributed by atoms with Gasteiger partial charge in [-0.05, 0) is 11.6 Å². The van der Waals surface area contributed by atoms with Gasteiger partial charge < -0.3 is 14.8 Å². The van der Waals surface area contributed by atoms with Gasteiger partial charge in [0.2, 0.25) is 0 Å². The van der Waals surface area contributed by atoms with Crippen LogP contribution in [0.1, 0.15) is 5.56 Å². The van der Waals surface area contributed by atoms with E-state index in [-0.39, 0.29) is 11.1 Å². The lowest BCUT2D eigenvalue weighted by molar-refractivity contribution is -0.0357. The van der Waals surface area contributed by atoms with Gasteiger partial charge in [0, 0.05) is 13.1 Å². The maximum absolute atomic E-state index is 13.1. The Balaban J connectivity index is 1.79. The minimum absolute atomic E-state index is 0.0658. The summed E-state index contributed by atoms with van der Waals surface area (Å²) in [5.74, 6) is -0.414. The molecule has 1 aliphatic rings. The highest BCUT2D eigenvalue weighted by molar-refractivity contribution is 6.31. The summed E-state index contributed by atoms with van der Waals surface area (Å²) >= 11 is 5.82. The van der Waals surface area contributed by atoms with Crippen LogP contribution in [0.4, 0.5) is 4.39 Å². The van der Waals surface area contributed by atoms with E-state index in [2.05, 4.69) is 5.32 Å². The van der Waals surface area contributed by atoms with E-state index in [4.69, 9.17) is 21.1 Å². The third-order valence-electron chi connectivity index (χ3n) is 2.60. The van der Waals surface area contributed by atoms with Gasteiger partial charge in [-0.3, -0.25) is 0 Å². The fourth-order valence-electron chi connectivity index (χ4n) is 1.69. The third-order valence-corrected chi connectivity index (χ3v) is 3.02. The van der Waals surface area contributed by atoms with Crippen molar-refractivity contribution in [3.63, 3.8) is 0 Å². The summed E-state index contributed by atoms with van der Waals surface area (Å²) in [4.78, 5) is 0. The summed E-state index contributed by atoms with van der Waals surface area (Å²) in [6.07, 6.45) is 0.0658. The predicted molar refractivity (Wildman–Crippen MR) is 63.7 cm³/mol. The smallest absolute Gasteiger partial charge is 0.142 e. The molecule has 5 heteroatoms. The molecule has 1 unspecified atom stereocenters. The highest BCUT2D eigenvalue weighted by Gasteiger charge is 2.13. The molecule has 1 N–H and O–H groups in total. The van der Waals surface area contributed by atoms with Gasteiger partial charge in [-0.25, -0.2) is 4.39 Å². The van der Waals surface area contributed by atoms with Crippen LogP contribution >= 0.6 is 11.6 Å². The Hall–Kier alpha value is -0.680. The summed E-state index contributed by atoms with van der Waals surface area (Å²) < 4.78 is 24.1. The number of rotatable bonds is 4. The van der Waals surface area contributed by atoms with E-state index in [1.807, 2.05) is 0 Å². The Morgan fingerprint density at radius 3 is 3.18 bits per heavy atom. The quantitative estimate of drug-likeness (QED) is 0.897. The van der Waals surface area contributed by atoms with Crippen molar-refractivity contribution < 1.29 is 13.9 Å². The fourth-order valence-corrected chi connectivity index (χ4v) is 1.87. The SMILES string of the molecule is Fc1cccc(COCC2CNCCO2)c1Cl. The predicted octanol–water partition coefficient (Wildman–Crippen LogP) is 1.98. The minimum atomic E-state index is -0.414. The molecule has 0 saturated carbocycles. The van der Waals surface area contributed by atoms with Crippen molar-refractivity contribution >= 4 is 11.6 Å². The van der Waals surface area contributed by atoms with Crippen LogP contribution in [0.5, 0.6) is 0 Å². The highest BCUT2D eigenvalue weighted by Crippen LogP contribution is 2.20. The lowest BCUT2D eigenvalue weighted by Gasteiger charge is -2.23. The fraction of sp³-hybridized carbons (Fsp3) is 0.500. The largest absolute Gasteiger partial charge is 0.374 e. The molecule has 1 aliphatic heterocycles. The van der Waals surface area contributed by atoms with E-state index < -0.39 is 5.82 Å². The van der Waals surface area contributed by atoms with E-state index in [0.717, 1.165) is 13.1 Å². The van der Waals surface area contributed by atoms with Crippen LogP contribution in [0.3, 0.4) is 0 Å². The molecule has 0 aliphatic carbocycles. The number of hydrogen-bond donors (Lipinski definition) is 1. The van der Waals surface area contributed by atoms with Crippen LogP contribution in [0.2, 0.25) is 5.02 Å². The van der Waals surface area contributed by atoms with Crippen LogP contribution in [-0.2, 0) is 16.1 Å². The second kappa shape index (κ2) is 6.31. The Morgan fingerprint density at radius 1 is 1.53 bits per heavy atom. The first-order chi connectivity index (χ1) is 8.27. The van der Waals surface area contributed by atoms with Crippen LogP contribution in [0.15, 0.2) is 18.2 Å². The molecule has 0 radical (unpaired) electrons. The van der Waals surface area contributed by atoms with Crippen molar-refractivity contribution in [1.82, 2.24) is 5.32 Å². The lowest BCUT2D eigenvalue weighted by Crippen LogP contribution is -2.40. The molecule has 0 amide bonds. The van der Waals surface area contributed by atoms with Gasteiger partial charge in [0.15, 0.2) is 0 Å². The maximum atomic E-state index is 13.1. The van der Waals surface area contributed by atoms with Crippen molar-refractivity contribution in [2.75, 3.05) is 26.3 Å². The Bertz CT molecular complexity index is 370. The molecular weight excluding hydrogens is 245 g/mol. The van der Waals surface area contributed by atoms with Crippen LogP contribution in [-0.4, -0.2) is 32.4 Å². The molecule has 17 heavy (non-hydrogen) atoms. The van der Waals surface area contributed by atoms with Crippen molar-refractivity contribution in [2.45, 2.75) is 12.7 Å². The first-order valence-corrected chi connectivity index (χ1v) is 5.98. The molecular formula is C12H15ClFNO2.